The molecule has 0 unspecified atom stereocenters. The van der Waals surface area contributed by atoms with Crippen molar-refractivity contribution in [2.75, 3.05) is 0 Å². The van der Waals surface area contributed by atoms with Crippen molar-refractivity contribution in [1.82, 2.24) is 5.06 Å². The van der Waals surface area contributed by atoms with E-state index >= 15 is 0 Å². The fraction of sp³-hybridized carbons (Fsp3) is 0.375. The number of fused-ring (bicyclic) bond motifs is 1. The SMILES string of the molecule is NC(=O)[C@@H]1CC[C@H](CCC(=O)ON2C(=O)c3ccccc3C2=O)O1. The van der Waals surface area contributed by atoms with Gasteiger partial charge in [0.1, 0.15) is 6.10 Å². The molecule has 2 N–H and O–H groups in total. The predicted molar refractivity (Wildman–Crippen MR) is 79.4 cm³/mol. The summed E-state index contributed by atoms with van der Waals surface area (Å²) in [5, 5.41) is 0.481. The summed E-state index contributed by atoms with van der Waals surface area (Å²) in [6.07, 6.45) is 0.538. The van der Waals surface area contributed by atoms with Gasteiger partial charge in [-0.3, -0.25) is 14.4 Å². The number of carbonyl (C=O) groups is 4. The normalized spacial score (nSPS) is 22.6. The average molecular weight is 332 g/mol. The smallest absolute Gasteiger partial charge is 0.333 e. The van der Waals surface area contributed by atoms with Crippen LogP contribution in [0.3, 0.4) is 0 Å². The minimum absolute atomic E-state index is 0.0381. The monoisotopic (exact) mass is 332 g/mol. The van der Waals surface area contributed by atoms with Gasteiger partial charge in [-0.2, -0.15) is 0 Å². The molecule has 2 aliphatic heterocycles. The Morgan fingerprint density at radius 3 is 2.33 bits per heavy atom. The standard InChI is InChI=1S/C16H16N2O6/c17-14(20)12-7-5-9(23-12)6-8-13(19)24-18-15(21)10-3-1-2-4-11(10)16(18)22/h1-4,9,12H,5-8H2,(H2,17,20)/t9-,12+/m1/s1. The first-order valence-electron chi connectivity index (χ1n) is 7.60. The van der Waals surface area contributed by atoms with Gasteiger partial charge in [0.15, 0.2) is 0 Å². The lowest BCUT2D eigenvalue weighted by Gasteiger charge is -2.14. The van der Waals surface area contributed by atoms with E-state index in [1.807, 2.05) is 0 Å². The van der Waals surface area contributed by atoms with E-state index in [2.05, 4.69) is 0 Å². The van der Waals surface area contributed by atoms with Crippen molar-refractivity contribution in [2.24, 2.45) is 5.73 Å². The number of benzene rings is 1. The van der Waals surface area contributed by atoms with Crippen LogP contribution >= 0.6 is 0 Å². The highest BCUT2D eigenvalue weighted by Crippen LogP contribution is 2.25. The van der Waals surface area contributed by atoms with Gasteiger partial charge in [-0.05, 0) is 31.4 Å². The van der Waals surface area contributed by atoms with Gasteiger partial charge in [0.25, 0.3) is 11.8 Å². The number of amides is 3. The molecule has 0 radical (unpaired) electrons. The molecule has 0 aliphatic carbocycles. The molecule has 24 heavy (non-hydrogen) atoms. The Kier molecular flexibility index (Phi) is 4.30. The Morgan fingerprint density at radius 2 is 1.79 bits per heavy atom. The molecule has 1 fully saturated rings. The molecule has 8 nitrogen and oxygen atoms in total. The van der Waals surface area contributed by atoms with Gasteiger partial charge >= 0.3 is 5.97 Å². The van der Waals surface area contributed by atoms with Crippen molar-refractivity contribution >= 4 is 23.7 Å². The van der Waals surface area contributed by atoms with Crippen LogP contribution in [0.2, 0.25) is 0 Å². The Bertz CT molecular complexity index is 681. The zero-order valence-electron chi connectivity index (χ0n) is 12.8. The van der Waals surface area contributed by atoms with Crippen molar-refractivity contribution in [3.63, 3.8) is 0 Å². The van der Waals surface area contributed by atoms with Crippen LogP contribution in [0.25, 0.3) is 0 Å². The second-order valence-corrected chi connectivity index (χ2v) is 5.68. The zero-order chi connectivity index (χ0) is 17.3. The molecule has 2 atom stereocenters. The third-order valence-corrected chi connectivity index (χ3v) is 4.05. The van der Waals surface area contributed by atoms with E-state index in [1.54, 1.807) is 12.1 Å². The van der Waals surface area contributed by atoms with E-state index < -0.39 is 29.8 Å². The van der Waals surface area contributed by atoms with Crippen molar-refractivity contribution in [3.05, 3.63) is 35.4 Å². The van der Waals surface area contributed by atoms with Gasteiger partial charge in [-0.15, -0.1) is 0 Å². The summed E-state index contributed by atoms with van der Waals surface area (Å²) in [6, 6.07) is 6.25. The lowest BCUT2D eigenvalue weighted by atomic mass is 10.1. The van der Waals surface area contributed by atoms with E-state index in [0.29, 0.717) is 24.3 Å². The topological polar surface area (TPSA) is 116 Å². The van der Waals surface area contributed by atoms with Crippen LogP contribution in [0.15, 0.2) is 24.3 Å². The summed E-state index contributed by atoms with van der Waals surface area (Å²) >= 11 is 0. The molecule has 3 amide bonds. The third kappa shape index (κ3) is 3.00. The summed E-state index contributed by atoms with van der Waals surface area (Å²) in [7, 11) is 0. The Hall–Kier alpha value is -2.74. The van der Waals surface area contributed by atoms with Crippen molar-refractivity contribution < 1.29 is 28.8 Å². The molecule has 1 saturated heterocycles. The number of hydrogen-bond acceptors (Lipinski definition) is 6. The number of primary amides is 1. The molecular weight excluding hydrogens is 316 g/mol. The molecule has 0 aromatic heterocycles. The van der Waals surface area contributed by atoms with Crippen LogP contribution < -0.4 is 5.73 Å². The number of imide groups is 1. The summed E-state index contributed by atoms with van der Waals surface area (Å²) < 4.78 is 5.41. The molecule has 0 bridgehead atoms. The minimum atomic E-state index is -0.712. The molecule has 1 aromatic rings. The van der Waals surface area contributed by atoms with Crippen LogP contribution in [0.1, 0.15) is 46.4 Å². The van der Waals surface area contributed by atoms with Gasteiger partial charge in [0.05, 0.1) is 23.7 Å². The number of nitrogens with zero attached hydrogens (tertiary/aromatic N) is 1. The van der Waals surface area contributed by atoms with Crippen molar-refractivity contribution in [1.29, 1.82) is 0 Å². The quantitative estimate of drug-likeness (QED) is 0.787. The van der Waals surface area contributed by atoms with E-state index in [1.165, 1.54) is 12.1 Å². The van der Waals surface area contributed by atoms with Crippen LogP contribution in [0.4, 0.5) is 0 Å². The molecular formula is C16H16N2O6. The first kappa shape index (κ1) is 16.1. The first-order chi connectivity index (χ1) is 11.5. The second-order valence-electron chi connectivity index (χ2n) is 5.68. The zero-order valence-corrected chi connectivity index (χ0v) is 12.8. The number of ether oxygens (including phenoxy) is 1. The second kappa shape index (κ2) is 6.40. The Labute approximate surface area is 137 Å². The number of hydroxylamine groups is 2. The average Bonchev–Trinajstić information content (AvgIpc) is 3.13. The van der Waals surface area contributed by atoms with Gasteiger partial charge in [0, 0.05) is 0 Å². The maximum Gasteiger partial charge on any atom is 0.333 e. The summed E-state index contributed by atoms with van der Waals surface area (Å²) in [4.78, 5) is 52.0. The van der Waals surface area contributed by atoms with Crippen LogP contribution in [0, 0.1) is 0 Å². The van der Waals surface area contributed by atoms with Crippen molar-refractivity contribution in [3.8, 4) is 0 Å². The van der Waals surface area contributed by atoms with Gasteiger partial charge in [-0.25, -0.2) is 4.79 Å². The molecule has 2 heterocycles. The molecule has 3 rings (SSSR count). The highest BCUT2D eigenvalue weighted by Gasteiger charge is 2.38. The summed E-state index contributed by atoms with van der Waals surface area (Å²) in [5.41, 5.74) is 5.57. The Morgan fingerprint density at radius 1 is 1.17 bits per heavy atom. The number of hydrogen-bond donors (Lipinski definition) is 1. The van der Waals surface area contributed by atoms with Crippen molar-refractivity contribution in [2.45, 2.75) is 37.9 Å². The molecule has 2 aliphatic rings. The summed E-state index contributed by atoms with van der Waals surface area (Å²) in [5.74, 6) is -2.55. The van der Waals surface area contributed by atoms with Gasteiger partial charge < -0.3 is 15.3 Å². The largest absolute Gasteiger partial charge is 0.367 e. The highest BCUT2D eigenvalue weighted by atomic mass is 16.7. The fourth-order valence-corrected chi connectivity index (χ4v) is 2.80. The fourth-order valence-electron chi connectivity index (χ4n) is 2.80. The number of carbonyl (C=O) groups excluding carboxylic acids is 4. The van der Waals surface area contributed by atoms with Crippen LogP contribution in [-0.4, -0.2) is 41.0 Å². The molecule has 126 valence electrons. The maximum atomic E-state index is 12.1. The molecule has 8 heteroatoms. The van der Waals surface area contributed by atoms with E-state index in [4.69, 9.17) is 15.3 Å². The highest BCUT2D eigenvalue weighted by molar-refractivity contribution is 6.20. The van der Waals surface area contributed by atoms with Crippen LogP contribution in [0.5, 0.6) is 0 Å². The number of rotatable bonds is 5. The van der Waals surface area contributed by atoms with Gasteiger partial charge in [-0.1, -0.05) is 17.2 Å². The van der Waals surface area contributed by atoms with E-state index in [-0.39, 0.29) is 23.7 Å². The third-order valence-electron chi connectivity index (χ3n) is 4.05. The van der Waals surface area contributed by atoms with Crippen LogP contribution in [-0.2, 0) is 19.2 Å². The maximum absolute atomic E-state index is 12.1. The van der Waals surface area contributed by atoms with E-state index in [0.717, 1.165) is 0 Å². The predicted octanol–water partition coefficient (Wildman–Crippen LogP) is 0.554. The first-order valence-corrected chi connectivity index (χ1v) is 7.60. The Balaban J connectivity index is 1.52. The molecule has 1 aromatic carbocycles. The van der Waals surface area contributed by atoms with Gasteiger partial charge in [0.2, 0.25) is 5.91 Å². The lowest BCUT2D eigenvalue weighted by Crippen LogP contribution is -2.33. The minimum Gasteiger partial charge on any atom is -0.367 e. The molecule has 0 saturated carbocycles. The molecule has 0 spiro atoms. The number of nitrogens with two attached hydrogens (primary N) is 1. The lowest BCUT2D eigenvalue weighted by molar-refractivity contribution is -0.169. The van der Waals surface area contributed by atoms with E-state index in [9.17, 15) is 19.2 Å². The summed E-state index contributed by atoms with van der Waals surface area (Å²) in [6.45, 7) is 0.